The Morgan fingerprint density at radius 1 is 1.32 bits per heavy atom. The molecule has 0 radical (unpaired) electrons. The van der Waals surface area contributed by atoms with Crippen molar-refractivity contribution in [2.75, 3.05) is 13.1 Å². The SMILES string of the molecule is CC(C)(N)CCCNCCc1ccc2nc[nH]c2c1. The largest absolute Gasteiger partial charge is 0.345 e. The van der Waals surface area contributed by atoms with Crippen molar-refractivity contribution in [3.05, 3.63) is 30.1 Å². The van der Waals surface area contributed by atoms with Crippen LogP contribution in [0.5, 0.6) is 0 Å². The van der Waals surface area contributed by atoms with Crippen molar-refractivity contribution in [2.24, 2.45) is 5.73 Å². The molecule has 1 aromatic carbocycles. The van der Waals surface area contributed by atoms with E-state index in [0.717, 1.165) is 43.4 Å². The molecule has 19 heavy (non-hydrogen) atoms. The van der Waals surface area contributed by atoms with Gasteiger partial charge in [0.2, 0.25) is 0 Å². The van der Waals surface area contributed by atoms with Crippen LogP contribution in [0.3, 0.4) is 0 Å². The van der Waals surface area contributed by atoms with Crippen LogP contribution in [0.4, 0.5) is 0 Å². The maximum atomic E-state index is 5.95. The molecule has 0 aliphatic rings. The lowest BCUT2D eigenvalue weighted by Crippen LogP contribution is -2.33. The van der Waals surface area contributed by atoms with Crippen LogP contribution in [0.1, 0.15) is 32.3 Å². The van der Waals surface area contributed by atoms with Crippen molar-refractivity contribution in [1.29, 1.82) is 0 Å². The van der Waals surface area contributed by atoms with Gasteiger partial charge in [-0.1, -0.05) is 6.07 Å². The Labute approximate surface area is 114 Å². The first-order chi connectivity index (χ1) is 9.04. The second kappa shape index (κ2) is 6.17. The van der Waals surface area contributed by atoms with E-state index in [1.54, 1.807) is 6.33 Å². The molecule has 1 heterocycles. The smallest absolute Gasteiger partial charge is 0.0931 e. The number of hydrogen-bond donors (Lipinski definition) is 3. The van der Waals surface area contributed by atoms with Crippen LogP contribution in [-0.4, -0.2) is 28.6 Å². The van der Waals surface area contributed by atoms with Gasteiger partial charge in [0.05, 0.1) is 17.4 Å². The van der Waals surface area contributed by atoms with E-state index in [1.165, 1.54) is 5.56 Å². The third kappa shape index (κ3) is 4.65. The normalized spacial score (nSPS) is 12.2. The molecule has 0 fully saturated rings. The predicted molar refractivity (Wildman–Crippen MR) is 80.2 cm³/mol. The lowest BCUT2D eigenvalue weighted by Gasteiger charge is -2.17. The molecule has 0 aliphatic carbocycles. The first-order valence-electron chi connectivity index (χ1n) is 6.96. The van der Waals surface area contributed by atoms with Crippen molar-refractivity contribution in [1.82, 2.24) is 15.3 Å². The standard InChI is InChI=1S/C15H24N4/c1-15(2,16)7-3-8-17-9-6-12-4-5-13-14(10-12)19-11-18-13/h4-5,10-11,17H,3,6-9,16H2,1-2H3,(H,18,19). The molecule has 104 valence electrons. The van der Waals surface area contributed by atoms with Gasteiger partial charge in [-0.25, -0.2) is 4.98 Å². The molecule has 0 spiro atoms. The average Bonchev–Trinajstić information content (AvgIpc) is 2.79. The van der Waals surface area contributed by atoms with Gasteiger partial charge in [0.15, 0.2) is 0 Å². The summed E-state index contributed by atoms with van der Waals surface area (Å²) in [5.41, 5.74) is 9.38. The Kier molecular flexibility index (Phi) is 4.56. The zero-order valence-electron chi connectivity index (χ0n) is 11.9. The number of nitrogens with zero attached hydrogens (tertiary/aromatic N) is 1. The highest BCUT2D eigenvalue weighted by molar-refractivity contribution is 5.75. The molecule has 0 unspecified atom stereocenters. The number of aromatic nitrogens is 2. The number of benzene rings is 1. The molecule has 4 N–H and O–H groups in total. The maximum Gasteiger partial charge on any atom is 0.0931 e. The molecule has 0 bridgehead atoms. The monoisotopic (exact) mass is 260 g/mol. The van der Waals surface area contributed by atoms with Crippen molar-refractivity contribution in [3.63, 3.8) is 0 Å². The number of aromatic amines is 1. The van der Waals surface area contributed by atoms with Gasteiger partial charge in [-0.05, 0) is 63.9 Å². The minimum atomic E-state index is -0.0483. The number of H-pyrrole nitrogens is 1. The highest BCUT2D eigenvalue weighted by Crippen LogP contribution is 2.11. The molecule has 0 saturated carbocycles. The molecule has 0 saturated heterocycles. The van der Waals surface area contributed by atoms with E-state index in [9.17, 15) is 0 Å². The Morgan fingerprint density at radius 3 is 2.95 bits per heavy atom. The topological polar surface area (TPSA) is 66.7 Å². The predicted octanol–water partition coefficient (Wildman–Crippen LogP) is 2.21. The molecule has 4 nitrogen and oxygen atoms in total. The van der Waals surface area contributed by atoms with E-state index >= 15 is 0 Å². The van der Waals surface area contributed by atoms with Crippen molar-refractivity contribution < 1.29 is 0 Å². The number of fused-ring (bicyclic) bond motifs is 1. The van der Waals surface area contributed by atoms with E-state index in [4.69, 9.17) is 5.73 Å². The maximum absolute atomic E-state index is 5.95. The second-order valence-electron chi connectivity index (χ2n) is 5.85. The number of imidazole rings is 1. The fraction of sp³-hybridized carbons (Fsp3) is 0.533. The molecule has 2 aromatic rings. The van der Waals surface area contributed by atoms with Crippen LogP contribution >= 0.6 is 0 Å². The van der Waals surface area contributed by atoms with Crippen LogP contribution in [0.2, 0.25) is 0 Å². The number of nitrogens with one attached hydrogen (secondary N) is 2. The molecule has 0 amide bonds. The van der Waals surface area contributed by atoms with Gasteiger partial charge >= 0.3 is 0 Å². The molecule has 0 atom stereocenters. The second-order valence-corrected chi connectivity index (χ2v) is 5.85. The van der Waals surface area contributed by atoms with Crippen molar-refractivity contribution in [2.45, 2.75) is 38.6 Å². The lowest BCUT2D eigenvalue weighted by molar-refractivity contribution is 0.449. The summed E-state index contributed by atoms with van der Waals surface area (Å²) in [6, 6.07) is 6.39. The quantitative estimate of drug-likeness (QED) is 0.669. The molecular weight excluding hydrogens is 236 g/mol. The van der Waals surface area contributed by atoms with Gasteiger partial charge in [-0.3, -0.25) is 0 Å². The summed E-state index contributed by atoms with van der Waals surface area (Å²) in [6.45, 7) is 6.19. The highest BCUT2D eigenvalue weighted by atomic mass is 14.9. The average molecular weight is 260 g/mol. The molecular formula is C15H24N4. The number of hydrogen-bond acceptors (Lipinski definition) is 3. The summed E-state index contributed by atoms with van der Waals surface area (Å²) in [7, 11) is 0. The highest BCUT2D eigenvalue weighted by Gasteiger charge is 2.08. The van der Waals surface area contributed by atoms with E-state index in [1.807, 2.05) is 0 Å². The van der Waals surface area contributed by atoms with Gasteiger partial charge in [0.25, 0.3) is 0 Å². The number of nitrogens with two attached hydrogens (primary N) is 1. The summed E-state index contributed by atoms with van der Waals surface area (Å²) < 4.78 is 0. The van der Waals surface area contributed by atoms with Crippen LogP contribution in [-0.2, 0) is 6.42 Å². The molecule has 1 aromatic heterocycles. The minimum absolute atomic E-state index is 0.0483. The minimum Gasteiger partial charge on any atom is -0.345 e. The Bertz CT molecular complexity index is 510. The first-order valence-corrected chi connectivity index (χ1v) is 6.96. The fourth-order valence-corrected chi connectivity index (χ4v) is 2.16. The van der Waals surface area contributed by atoms with Gasteiger partial charge in [0, 0.05) is 5.54 Å². The third-order valence-corrected chi connectivity index (χ3v) is 3.25. The van der Waals surface area contributed by atoms with Crippen LogP contribution in [0.15, 0.2) is 24.5 Å². The van der Waals surface area contributed by atoms with Crippen molar-refractivity contribution in [3.8, 4) is 0 Å². The third-order valence-electron chi connectivity index (χ3n) is 3.25. The Hall–Kier alpha value is -1.39. The van der Waals surface area contributed by atoms with Crippen molar-refractivity contribution >= 4 is 11.0 Å². The van der Waals surface area contributed by atoms with Crippen LogP contribution < -0.4 is 11.1 Å². The Morgan fingerprint density at radius 2 is 2.16 bits per heavy atom. The van der Waals surface area contributed by atoms with Gasteiger partial charge < -0.3 is 16.0 Å². The van der Waals surface area contributed by atoms with E-state index < -0.39 is 0 Å². The van der Waals surface area contributed by atoms with Crippen LogP contribution in [0, 0.1) is 0 Å². The van der Waals surface area contributed by atoms with E-state index in [2.05, 4.69) is 47.3 Å². The van der Waals surface area contributed by atoms with Gasteiger partial charge in [-0.15, -0.1) is 0 Å². The summed E-state index contributed by atoms with van der Waals surface area (Å²) in [4.78, 5) is 7.36. The first kappa shape index (κ1) is 14.0. The fourth-order valence-electron chi connectivity index (χ4n) is 2.16. The zero-order chi connectivity index (χ0) is 13.7. The molecule has 4 heteroatoms. The zero-order valence-corrected chi connectivity index (χ0v) is 11.9. The summed E-state index contributed by atoms with van der Waals surface area (Å²) in [5.74, 6) is 0. The summed E-state index contributed by atoms with van der Waals surface area (Å²) >= 11 is 0. The summed E-state index contributed by atoms with van der Waals surface area (Å²) in [6.07, 6.45) is 4.96. The van der Waals surface area contributed by atoms with E-state index in [0.29, 0.717) is 0 Å². The van der Waals surface area contributed by atoms with Gasteiger partial charge in [-0.2, -0.15) is 0 Å². The Balaban J connectivity index is 1.68. The molecule has 2 rings (SSSR count). The summed E-state index contributed by atoms with van der Waals surface area (Å²) in [5, 5.41) is 3.47. The number of rotatable bonds is 7. The van der Waals surface area contributed by atoms with Crippen LogP contribution in [0.25, 0.3) is 11.0 Å². The van der Waals surface area contributed by atoms with Gasteiger partial charge in [0.1, 0.15) is 0 Å². The molecule has 0 aliphatic heterocycles. The van der Waals surface area contributed by atoms with E-state index in [-0.39, 0.29) is 5.54 Å². The lowest BCUT2D eigenvalue weighted by atomic mass is 10.0.